The number of benzene rings is 1. The number of carbonyl (C=O) groups is 1. The highest BCUT2D eigenvalue weighted by Gasteiger charge is 2.20. The van der Waals surface area contributed by atoms with Gasteiger partial charge in [-0.25, -0.2) is 9.61 Å². The van der Waals surface area contributed by atoms with Gasteiger partial charge < -0.3 is 9.88 Å². The topological polar surface area (TPSA) is 110 Å². The number of rotatable bonds is 5. The predicted molar refractivity (Wildman–Crippen MR) is 82.2 cm³/mol. The molecule has 0 aliphatic carbocycles. The lowest BCUT2D eigenvalue weighted by molar-refractivity contribution is -0.114. The summed E-state index contributed by atoms with van der Waals surface area (Å²) in [6, 6.07) is 9.79. The Kier molecular flexibility index (Phi) is 4.01. The van der Waals surface area contributed by atoms with Crippen LogP contribution in [0.4, 0.5) is 5.82 Å². The Bertz CT molecular complexity index is 889. The van der Waals surface area contributed by atoms with Gasteiger partial charge in [-0.2, -0.15) is 5.26 Å². The molecule has 0 bridgehead atoms. The summed E-state index contributed by atoms with van der Waals surface area (Å²) in [5.74, 6) is 0.512. The summed E-state index contributed by atoms with van der Waals surface area (Å²) in [5.41, 5.74) is 2.10. The first kappa shape index (κ1) is 14.7. The Morgan fingerprint density at radius 2 is 2.22 bits per heavy atom. The third-order valence-corrected chi connectivity index (χ3v) is 3.32. The number of hydrogen-bond acceptors (Lipinski definition) is 6. The van der Waals surface area contributed by atoms with E-state index in [1.54, 1.807) is 0 Å². The van der Waals surface area contributed by atoms with Crippen molar-refractivity contribution in [2.75, 3.05) is 5.32 Å². The first-order chi connectivity index (χ1) is 11.2. The van der Waals surface area contributed by atoms with Gasteiger partial charge in [0.15, 0.2) is 11.5 Å². The molecule has 0 saturated carbocycles. The van der Waals surface area contributed by atoms with Crippen LogP contribution in [0.2, 0.25) is 0 Å². The van der Waals surface area contributed by atoms with Gasteiger partial charge in [0, 0.05) is 19.9 Å². The van der Waals surface area contributed by atoms with Gasteiger partial charge in [-0.1, -0.05) is 12.1 Å². The fraction of sp³-hybridized carbons (Fsp3) is 0.267. The number of unbranched alkanes of at least 4 members (excludes halogenated alkanes) is 1. The molecule has 0 radical (unpaired) electrons. The number of aryl methyl sites for hydroxylation is 1. The standard InChI is InChI=1S/C15H14N6O2/c1-10(22)17-14-13(19-23-20-14)15-18-11-6-2-3-7-12(11)21(15)9-5-4-8-16/h2-3,6-7H,4-5,9H2,1H3,(H,17,20,22). The van der Waals surface area contributed by atoms with E-state index in [2.05, 4.69) is 26.7 Å². The van der Waals surface area contributed by atoms with Crippen molar-refractivity contribution in [3.63, 3.8) is 0 Å². The van der Waals surface area contributed by atoms with E-state index >= 15 is 0 Å². The van der Waals surface area contributed by atoms with Gasteiger partial charge in [0.1, 0.15) is 0 Å². The van der Waals surface area contributed by atoms with E-state index in [1.807, 2.05) is 28.8 Å². The number of anilines is 1. The van der Waals surface area contributed by atoms with E-state index in [9.17, 15) is 4.79 Å². The first-order valence-corrected chi connectivity index (χ1v) is 7.13. The van der Waals surface area contributed by atoms with Crippen molar-refractivity contribution in [1.82, 2.24) is 19.9 Å². The Labute approximate surface area is 131 Å². The van der Waals surface area contributed by atoms with Crippen LogP contribution in [-0.2, 0) is 11.3 Å². The quantitative estimate of drug-likeness (QED) is 0.724. The SMILES string of the molecule is CC(=O)Nc1nonc1-c1nc2ccccc2n1CCCC#N. The van der Waals surface area contributed by atoms with Crippen LogP contribution in [0.1, 0.15) is 19.8 Å². The second-order valence-corrected chi connectivity index (χ2v) is 4.98. The van der Waals surface area contributed by atoms with Gasteiger partial charge in [-0.05, 0) is 28.9 Å². The largest absolute Gasteiger partial charge is 0.322 e. The molecule has 23 heavy (non-hydrogen) atoms. The van der Waals surface area contributed by atoms with Crippen LogP contribution in [0.5, 0.6) is 0 Å². The smallest absolute Gasteiger partial charge is 0.222 e. The summed E-state index contributed by atoms with van der Waals surface area (Å²) in [4.78, 5) is 15.8. The highest BCUT2D eigenvalue weighted by Crippen LogP contribution is 2.28. The fourth-order valence-electron chi connectivity index (χ4n) is 2.38. The average molecular weight is 310 g/mol. The van der Waals surface area contributed by atoms with E-state index in [0.29, 0.717) is 30.9 Å². The molecule has 0 atom stereocenters. The van der Waals surface area contributed by atoms with Crippen molar-refractivity contribution in [2.45, 2.75) is 26.3 Å². The Balaban J connectivity index is 2.09. The van der Waals surface area contributed by atoms with Crippen LogP contribution in [0.25, 0.3) is 22.6 Å². The van der Waals surface area contributed by atoms with Gasteiger partial charge in [0.2, 0.25) is 11.7 Å². The molecular weight excluding hydrogens is 296 g/mol. The minimum atomic E-state index is -0.269. The maximum Gasteiger partial charge on any atom is 0.222 e. The zero-order chi connectivity index (χ0) is 16.2. The van der Waals surface area contributed by atoms with Crippen LogP contribution in [-0.4, -0.2) is 25.8 Å². The number of nitriles is 1. The van der Waals surface area contributed by atoms with E-state index < -0.39 is 0 Å². The summed E-state index contributed by atoms with van der Waals surface area (Å²) < 4.78 is 6.71. The zero-order valence-electron chi connectivity index (χ0n) is 12.5. The normalized spacial score (nSPS) is 10.6. The molecule has 116 valence electrons. The molecule has 3 rings (SSSR count). The lowest BCUT2D eigenvalue weighted by atomic mass is 10.3. The third kappa shape index (κ3) is 2.89. The molecule has 1 aromatic carbocycles. The van der Waals surface area contributed by atoms with Crippen molar-refractivity contribution >= 4 is 22.8 Å². The molecule has 2 heterocycles. The van der Waals surface area contributed by atoms with Gasteiger partial charge in [0.05, 0.1) is 17.1 Å². The number of carbonyl (C=O) groups excluding carboxylic acids is 1. The lowest BCUT2D eigenvalue weighted by Crippen LogP contribution is -2.08. The summed E-state index contributed by atoms with van der Waals surface area (Å²) in [6.07, 6.45) is 1.13. The summed E-state index contributed by atoms with van der Waals surface area (Å²) in [6.45, 7) is 1.99. The molecular formula is C15H14N6O2. The second kappa shape index (κ2) is 6.27. The molecule has 0 unspecified atom stereocenters. The Morgan fingerprint density at radius 1 is 1.39 bits per heavy atom. The van der Waals surface area contributed by atoms with Crippen LogP contribution in [0, 0.1) is 11.3 Å². The summed E-state index contributed by atoms with van der Waals surface area (Å²) >= 11 is 0. The monoisotopic (exact) mass is 310 g/mol. The number of nitrogens with zero attached hydrogens (tertiary/aromatic N) is 5. The Hall–Kier alpha value is -3.21. The molecule has 0 spiro atoms. The van der Waals surface area contributed by atoms with Crippen molar-refractivity contribution in [1.29, 1.82) is 5.26 Å². The van der Waals surface area contributed by atoms with Gasteiger partial charge >= 0.3 is 0 Å². The summed E-state index contributed by atoms with van der Waals surface area (Å²) in [5, 5.41) is 18.9. The number of hydrogen-bond donors (Lipinski definition) is 1. The number of para-hydroxylation sites is 2. The molecule has 0 fully saturated rings. The number of fused-ring (bicyclic) bond motifs is 1. The fourth-order valence-corrected chi connectivity index (χ4v) is 2.38. The number of imidazole rings is 1. The maximum absolute atomic E-state index is 11.3. The molecule has 1 amide bonds. The highest BCUT2D eigenvalue weighted by atomic mass is 16.6. The van der Waals surface area contributed by atoms with Crippen LogP contribution < -0.4 is 5.32 Å². The van der Waals surface area contributed by atoms with E-state index in [0.717, 1.165) is 11.0 Å². The molecule has 1 N–H and O–H groups in total. The molecule has 0 aliphatic heterocycles. The van der Waals surface area contributed by atoms with E-state index in [-0.39, 0.29) is 11.7 Å². The minimum absolute atomic E-state index is 0.231. The average Bonchev–Trinajstić information content (AvgIpc) is 3.11. The first-order valence-electron chi connectivity index (χ1n) is 7.13. The van der Waals surface area contributed by atoms with Crippen molar-refractivity contribution in [2.24, 2.45) is 0 Å². The molecule has 0 aliphatic rings. The number of aromatic nitrogens is 4. The van der Waals surface area contributed by atoms with Gasteiger partial charge in [-0.3, -0.25) is 4.79 Å². The molecule has 3 aromatic rings. The zero-order valence-corrected chi connectivity index (χ0v) is 12.5. The van der Waals surface area contributed by atoms with Crippen molar-refractivity contribution in [3.05, 3.63) is 24.3 Å². The van der Waals surface area contributed by atoms with Crippen molar-refractivity contribution < 1.29 is 9.42 Å². The minimum Gasteiger partial charge on any atom is -0.322 e. The molecule has 8 heteroatoms. The highest BCUT2D eigenvalue weighted by molar-refractivity contribution is 5.91. The number of amides is 1. The van der Waals surface area contributed by atoms with E-state index in [1.165, 1.54) is 6.92 Å². The third-order valence-electron chi connectivity index (χ3n) is 3.32. The van der Waals surface area contributed by atoms with Crippen molar-refractivity contribution in [3.8, 4) is 17.6 Å². The molecule has 8 nitrogen and oxygen atoms in total. The van der Waals surface area contributed by atoms with Gasteiger partial charge in [-0.15, -0.1) is 0 Å². The lowest BCUT2D eigenvalue weighted by Gasteiger charge is -2.06. The van der Waals surface area contributed by atoms with Gasteiger partial charge in [0.25, 0.3) is 0 Å². The second-order valence-electron chi connectivity index (χ2n) is 4.98. The van der Waals surface area contributed by atoms with Crippen LogP contribution >= 0.6 is 0 Å². The Morgan fingerprint density at radius 3 is 3.00 bits per heavy atom. The molecule has 2 aromatic heterocycles. The van der Waals surface area contributed by atoms with Crippen LogP contribution in [0.3, 0.4) is 0 Å². The van der Waals surface area contributed by atoms with Crippen LogP contribution in [0.15, 0.2) is 28.9 Å². The summed E-state index contributed by atoms with van der Waals surface area (Å²) in [7, 11) is 0. The predicted octanol–water partition coefficient (Wildman–Crippen LogP) is 2.35. The maximum atomic E-state index is 11.3. The molecule has 0 saturated heterocycles. The van der Waals surface area contributed by atoms with E-state index in [4.69, 9.17) is 9.89 Å². The number of nitrogens with one attached hydrogen (secondary N) is 1.